The largest absolute Gasteiger partial charge is 0.296 e. The normalized spacial score (nSPS) is 12.5. The van der Waals surface area contributed by atoms with Gasteiger partial charge in [0, 0.05) is 36.3 Å². The van der Waals surface area contributed by atoms with E-state index in [-0.39, 0.29) is 16.4 Å². The molecule has 0 radical (unpaired) electrons. The highest BCUT2D eigenvalue weighted by Crippen LogP contribution is 2.25. The number of unbranched alkanes of at least 4 members (excludes halogenated alkanes) is 2. The van der Waals surface area contributed by atoms with Crippen LogP contribution in [0.15, 0.2) is 70.7 Å². The summed E-state index contributed by atoms with van der Waals surface area (Å²) in [5.74, 6) is 0. The van der Waals surface area contributed by atoms with Crippen LogP contribution < -0.4 is 0 Å². The predicted octanol–water partition coefficient (Wildman–Crippen LogP) is 4.13. The van der Waals surface area contributed by atoms with Crippen molar-refractivity contribution < 1.29 is 21.0 Å². The van der Waals surface area contributed by atoms with Crippen molar-refractivity contribution in [1.82, 2.24) is 9.29 Å². The Hall–Kier alpha value is -2.33. The molecule has 32 heavy (non-hydrogen) atoms. The van der Waals surface area contributed by atoms with Gasteiger partial charge >= 0.3 is 0 Å². The molecule has 2 aromatic carbocycles. The van der Waals surface area contributed by atoms with Crippen LogP contribution >= 0.6 is 0 Å². The molecule has 0 spiro atoms. The zero-order valence-corrected chi connectivity index (χ0v) is 19.9. The molecule has 0 amide bonds. The number of aryl methyl sites for hydroxylation is 1. The molecule has 0 saturated heterocycles. The summed E-state index contributed by atoms with van der Waals surface area (Å²) in [6, 6.07) is 13.4. The molecule has 0 N–H and O–H groups in total. The molecule has 1 heterocycles. The Kier molecular flexibility index (Phi) is 8.00. The molecule has 0 fully saturated rings. The lowest BCUT2D eigenvalue weighted by Crippen LogP contribution is -2.32. The second kappa shape index (κ2) is 10.5. The van der Waals surface area contributed by atoms with Crippen molar-refractivity contribution in [3.05, 3.63) is 66.5 Å². The summed E-state index contributed by atoms with van der Waals surface area (Å²) in [5.41, 5.74) is 0.972. The third-order valence-electron chi connectivity index (χ3n) is 5.21. The van der Waals surface area contributed by atoms with Crippen molar-refractivity contribution in [1.29, 1.82) is 0 Å². The van der Waals surface area contributed by atoms with Gasteiger partial charge in [-0.15, -0.1) is 0 Å². The minimum atomic E-state index is -3.78. The molecule has 1 aromatic heterocycles. The fraction of sp³-hybridized carbons (Fsp3) is 0.348. The summed E-state index contributed by atoms with van der Waals surface area (Å²) < 4.78 is 57.4. The van der Waals surface area contributed by atoms with Crippen LogP contribution in [0.5, 0.6) is 0 Å². The number of benzene rings is 2. The molecule has 0 unspecified atom stereocenters. The standard InChI is InChI=1S/C23H28N2O5S2/c1-3-25(31(26,27)23-9-7-8-20-18-24-15-14-22(20)23)16-5-4-6-17-30-32(28,29)21-12-10-19(2)11-13-21/h7-15,18H,3-6,16-17H2,1-2H3. The van der Waals surface area contributed by atoms with E-state index in [1.807, 2.05) is 19.9 Å². The van der Waals surface area contributed by atoms with E-state index in [0.29, 0.717) is 37.7 Å². The van der Waals surface area contributed by atoms with Gasteiger partial charge < -0.3 is 0 Å². The molecular weight excluding hydrogens is 448 g/mol. The number of nitrogens with zero attached hydrogens (tertiary/aromatic N) is 2. The lowest BCUT2D eigenvalue weighted by Gasteiger charge is -2.21. The van der Waals surface area contributed by atoms with Crippen LogP contribution in [0.3, 0.4) is 0 Å². The molecule has 7 nitrogen and oxygen atoms in total. The van der Waals surface area contributed by atoms with E-state index in [1.165, 1.54) is 16.4 Å². The number of sulfonamides is 1. The fourth-order valence-electron chi connectivity index (χ4n) is 3.41. The van der Waals surface area contributed by atoms with Crippen LogP contribution in [-0.2, 0) is 24.3 Å². The van der Waals surface area contributed by atoms with Crippen LogP contribution in [-0.4, -0.2) is 45.8 Å². The number of rotatable bonds is 11. The molecule has 3 aromatic rings. The first-order valence-corrected chi connectivity index (χ1v) is 13.4. The van der Waals surface area contributed by atoms with Crippen molar-refractivity contribution in [2.45, 2.75) is 42.9 Å². The van der Waals surface area contributed by atoms with E-state index in [4.69, 9.17) is 4.18 Å². The average Bonchev–Trinajstić information content (AvgIpc) is 2.78. The quantitative estimate of drug-likeness (QED) is 0.305. The maximum absolute atomic E-state index is 13.2. The predicted molar refractivity (Wildman–Crippen MR) is 124 cm³/mol. The minimum Gasteiger partial charge on any atom is -0.266 e. The molecule has 9 heteroatoms. The zero-order chi connectivity index (χ0) is 23.2. The van der Waals surface area contributed by atoms with Gasteiger partial charge in [-0.2, -0.15) is 12.7 Å². The maximum atomic E-state index is 13.2. The lowest BCUT2D eigenvalue weighted by molar-refractivity contribution is 0.303. The summed E-state index contributed by atoms with van der Waals surface area (Å²) in [6.07, 6.45) is 5.00. The second-order valence-corrected chi connectivity index (χ2v) is 11.0. The number of fused-ring (bicyclic) bond motifs is 1. The van der Waals surface area contributed by atoms with E-state index in [1.54, 1.807) is 42.7 Å². The Morgan fingerprint density at radius 2 is 1.69 bits per heavy atom. The first-order chi connectivity index (χ1) is 15.3. The third kappa shape index (κ3) is 5.72. The van der Waals surface area contributed by atoms with E-state index >= 15 is 0 Å². The minimum absolute atomic E-state index is 0.0609. The lowest BCUT2D eigenvalue weighted by atomic mass is 10.2. The van der Waals surface area contributed by atoms with E-state index in [2.05, 4.69) is 4.98 Å². The van der Waals surface area contributed by atoms with Crippen LogP contribution in [0.2, 0.25) is 0 Å². The SMILES string of the molecule is CCN(CCCCCOS(=O)(=O)c1ccc(C)cc1)S(=O)(=O)c1cccc2cnccc12. The Bertz CT molecular complexity index is 1250. The van der Waals surface area contributed by atoms with Gasteiger partial charge in [0.05, 0.1) is 16.4 Å². The molecule has 0 aliphatic rings. The monoisotopic (exact) mass is 476 g/mol. The van der Waals surface area contributed by atoms with Gasteiger partial charge in [-0.25, -0.2) is 8.42 Å². The van der Waals surface area contributed by atoms with Gasteiger partial charge in [-0.05, 0) is 50.5 Å². The summed E-state index contributed by atoms with van der Waals surface area (Å²) >= 11 is 0. The number of aromatic nitrogens is 1. The van der Waals surface area contributed by atoms with Gasteiger partial charge in [0.1, 0.15) is 0 Å². The molecule has 0 saturated carbocycles. The van der Waals surface area contributed by atoms with Crippen molar-refractivity contribution >= 4 is 30.9 Å². The number of hydrogen-bond acceptors (Lipinski definition) is 6. The Morgan fingerprint density at radius 3 is 2.41 bits per heavy atom. The highest BCUT2D eigenvalue weighted by molar-refractivity contribution is 7.89. The molecular formula is C23H28N2O5S2. The van der Waals surface area contributed by atoms with Gasteiger partial charge in [0.2, 0.25) is 10.0 Å². The van der Waals surface area contributed by atoms with Crippen LogP contribution in [0.25, 0.3) is 10.8 Å². The topological polar surface area (TPSA) is 93.6 Å². The highest BCUT2D eigenvalue weighted by Gasteiger charge is 2.24. The molecule has 0 aliphatic heterocycles. The molecule has 3 rings (SSSR count). The van der Waals surface area contributed by atoms with Crippen LogP contribution in [0, 0.1) is 6.92 Å². The first-order valence-electron chi connectivity index (χ1n) is 10.5. The molecule has 0 bridgehead atoms. The van der Waals surface area contributed by atoms with E-state index in [9.17, 15) is 16.8 Å². The highest BCUT2D eigenvalue weighted by atomic mass is 32.2. The summed E-state index contributed by atoms with van der Waals surface area (Å²) in [5, 5.41) is 1.42. The number of pyridine rings is 1. The second-order valence-electron chi connectivity index (χ2n) is 7.50. The first kappa shape index (κ1) is 24.3. The van der Waals surface area contributed by atoms with Gasteiger partial charge in [-0.1, -0.05) is 36.8 Å². The van der Waals surface area contributed by atoms with Gasteiger partial charge in [0.15, 0.2) is 0 Å². The van der Waals surface area contributed by atoms with Crippen LogP contribution in [0.1, 0.15) is 31.7 Å². The summed E-state index contributed by atoms with van der Waals surface area (Å²) in [7, 11) is -7.43. The van der Waals surface area contributed by atoms with Crippen molar-refractivity contribution in [2.75, 3.05) is 19.7 Å². The van der Waals surface area contributed by atoms with E-state index < -0.39 is 20.1 Å². The van der Waals surface area contributed by atoms with Crippen molar-refractivity contribution in [2.24, 2.45) is 0 Å². The average molecular weight is 477 g/mol. The van der Waals surface area contributed by atoms with Crippen molar-refractivity contribution in [3.63, 3.8) is 0 Å². The summed E-state index contributed by atoms with van der Waals surface area (Å²) in [4.78, 5) is 4.46. The summed E-state index contributed by atoms with van der Waals surface area (Å²) in [6.45, 7) is 4.45. The van der Waals surface area contributed by atoms with Crippen molar-refractivity contribution in [3.8, 4) is 0 Å². The third-order valence-corrected chi connectivity index (χ3v) is 8.57. The van der Waals surface area contributed by atoms with Gasteiger partial charge in [0.25, 0.3) is 10.1 Å². The Labute approximate surface area is 190 Å². The van der Waals surface area contributed by atoms with E-state index in [0.717, 1.165) is 10.9 Å². The molecule has 0 atom stereocenters. The Morgan fingerprint density at radius 1 is 0.938 bits per heavy atom. The molecule has 0 aliphatic carbocycles. The van der Waals surface area contributed by atoms with Gasteiger partial charge in [-0.3, -0.25) is 9.17 Å². The zero-order valence-electron chi connectivity index (χ0n) is 18.3. The van der Waals surface area contributed by atoms with Crippen LogP contribution in [0.4, 0.5) is 0 Å². The molecule has 172 valence electrons. The number of hydrogen-bond donors (Lipinski definition) is 0. The fourth-order valence-corrected chi connectivity index (χ4v) is 6.06. The Balaban J connectivity index is 1.54. The maximum Gasteiger partial charge on any atom is 0.296 e. The smallest absolute Gasteiger partial charge is 0.266 e.